The van der Waals surface area contributed by atoms with E-state index in [-0.39, 0.29) is 6.09 Å². The first-order valence-corrected chi connectivity index (χ1v) is 12.7. The number of hydrogen-bond donors (Lipinski definition) is 2. The van der Waals surface area contributed by atoms with Gasteiger partial charge >= 0.3 is 6.09 Å². The van der Waals surface area contributed by atoms with Gasteiger partial charge in [0.2, 0.25) is 5.82 Å². The highest BCUT2D eigenvalue weighted by Crippen LogP contribution is 2.42. The van der Waals surface area contributed by atoms with E-state index in [2.05, 4.69) is 66.7 Å². The molecule has 3 heterocycles. The molecule has 0 spiro atoms. The van der Waals surface area contributed by atoms with Gasteiger partial charge in [-0.1, -0.05) is 54.6 Å². The molecule has 9 heteroatoms. The number of hydrogen-bond acceptors (Lipinski definition) is 6. The number of nitrogens with one attached hydrogen (secondary N) is 2. The van der Waals surface area contributed by atoms with Crippen LogP contribution in [0.15, 0.2) is 72.9 Å². The number of benzene rings is 2. The number of rotatable bonds is 5. The smallest absolute Gasteiger partial charge is 0.408 e. The van der Waals surface area contributed by atoms with E-state index in [0.717, 1.165) is 58.6 Å². The normalized spacial score (nSPS) is 14.7. The van der Waals surface area contributed by atoms with E-state index in [4.69, 9.17) is 9.72 Å². The van der Waals surface area contributed by atoms with Gasteiger partial charge in [-0.15, -0.1) is 10.2 Å². The molecular formula is C29H29N7O2. The minimum atomic E-state index is -0.542. The number of aromatic nitrogens is 6. The van der Waals surface area contributed by atoms with Crippen LogP contribution < -0.4 is 5.32 Å². The lowest BCUT2D eigenvalue weighted by atomic mass is 9.71. The zero-order valence-corrected chi connectivity index (χ0v) is 21.6. The highest BCUT2D eigenvalue weighted by atomic mass is 16.6. The Morgan fingerprint density at radius 3 is 2.34 bits per heavy atom. The number of imidazole rings is 1. The highest BCUT2D eigenvalue weighted by Gasteiger charge is 2.41. The lowest BCUT2D eigenvalue weighted by molar-refractivity contribution is 0.0377. The number of nitrogens with zero attached hydrogens (tertiary/aromatic N) is 5. The van der Waals surface area contributed by atoms with Crippen LogP contribution in [0.25, 0.3) is 39.5 Å². The Hall–Kier alpha value is -4.53. The standard InChI is InChI=1S/C29H29N7O2/c1-28(2,3)38-27(37)31-29(16-7-17-29)22-13-10-19(11-14-22)24-25(20-8-5-4-6-9-20)36-18-21(12-15-23(36)30-24)26-32-34-35-33-26/h4-6,8-15,18H,7,16-17H2,1-3H3,(H,31,37)(H,32,33,34,35). The zero-order chi connectivity index (χ0) is 26.3. The second-order valence-electron chi connectivity index (χ2n) is 10.7. The summed E-state index contributed by atoms with van der Waals surface area (Å²) in [5.74, 6) is 0.522. The Morgan fingerprint density at radius 2 is 1.71 bits per heavy atom. The van der Waals surface area contributed by atoms with Gasteiger partial charge in [-0.3, -0.25) is 4.40 Å². The van der Waals surface area contributed by atoms with Crippen molar-refractivity contribution in [3.63, 3.8) is 0 Å². The van der Waals surface area contributed by atoms with Gasteiger partial charge in [0.15, 0.2) is 0 Å². The summed E-state index contributed by atoms with van der Waals surface area (Å²) in [6, 6.07) is 22.5. The topological polar surface area (TPSA) is 110 Å². The SMILES string of the molecule is CC(C)(C)OC(=O)NC1(c2ccc(-c3nc4ccc(-c5nn[nH]n5)cn4c3-c3ccccc3)cc2)CCC1. The third-order valence-electron chi connectivity index (χ3n) is 6.93. The number of tetrazole rings is 1. The number of aromatic amines is 1. The molecule has 1 saturated carbocycles. The van der Waals surface area contributed by atoms with Gasteiger partial charge in [-0.25, -0.2) is 9.78 Å². The Labute approximate surface area is 220 Å². The third-order valence-corrected chi connectivity index (χ3v) is 6.93. The Balaban J connectivity index is 1.39. The first-order valence-electron chi connectivity index (χ1n) is 12.7. The first-order chi connectivity index (χ1) is 18.3. The van der Waals surface area contributed by atoms with Gasteiger partial charge in [0, 0.05) is 22.9 Å². The molecule has 3 aromatic heterocycles. The fourth-order valence-corrected chi connectivity index (χ4v) is 5.00. The predicted molar refractivity (Wildman–Crippen MR) is 144 cm³/mol. The molecule has 5 aromatic rings. The van der Waals surface area contributed by atoms with Crippen LogP contribution in [-0.4, -0.2) is 41.7 Å². The van der Waals surface area contributed by atoms with Crippen LogP contribution >= 0.6 is 0 Å². The van der Waals surface area contributed by atoms with Crippen molar-refractivity contribution in [1.82, 2.24) is 35.3 Å². The first kappa shape index (κ1) is 23.8. The summed E-state index contributed by atoms with van der Waals surface area (Å²) in [5, 5.41) is 17.6. The summed E-state index contributed by atoms with van der Waals surface area (Å²) < 4.78 is 7.61. The fraction of sp³-hybridized carbons (Fsp3) is 0.276. The number of pyridine rings is 1. The molecule has 2 aromatic carbocycles. The Kier molecular flexibility index (Phi) is 5.71. The number of fused-ring (bicyclic) bond motifs is 1. The van der Waals surface area contributed by atoms with Crippen molar-refractivity contribution in [2.75, 3.05) is 0 Å². The van der Waals surface area contributed by atoms with E-state index in [0.29, 0.717) is 5.82 Å². The maximum atomic E-state index is 12.6. The van der Waals surface area contributed by atoms with Crippen molar-refractivity contribution in [2.45, 2.75) is 51.2 Å². The van der Waals surface area contributed by atoms with Crippen molar-refractivity contribution in [3.05, 3.63) is 78.5 Å². The molecule has 1 amide bonds. The van der Waals surface area contributed by atoms with Gasteiger partial charge in [0.05, 0.1) is 16.9 Å². The van der Waals surface area contributed by atoms with Crippen LogP contribution in [0.3, 0.4) is 0 Å². The van der Waals surface area contributed by atoms with Crippen molar-refractivity contribution in [3.8, 4) is 33.9 Å². The van der Waals surface area contributed by atoms with Crippen molar-refractivity contribution in [2.24, 2.45) is 0 Å². The largest absolute Gasteiger partial charge is 0.444 e. The van der Waals surface area contributed by atoms with E-state index in [1.165, 1.54) is 0 Å². The molecular weight excluding hydrogens is 478 g/mol. The van der Waals surface area contributed by atoms with Gasteiger partial charge in [-0.05, 0) is 62.9 Å². The predicted octanol–water partition coefficient (Wildman–Crippen LogP) is 5.75. The minimum Gasteiger partial charge on any atom is -0.444 e. The molecule has 0 aliphatic heterocycles. The number of amides is 1. The summed E-state index contributed by atoms with van der Waals surface area (Å²) in [4.78, 5) is 17.6. The number of carbonyl (C=O) groups is 1. The van der Waals surface area contributed by atoms with Crippen LogP contribution in [0.2, 0.25) is 0 Å². The summed E-state index contributed by atoms with van der Waals surface area (Å²) >= 11 is 0. The van der Waals surface area contributed by atoms with E-state index >= 15 is 0 Å². The minimum absolute atomic E-state index is 0.384. The monoisotopic (exact) mass is 507 g/mol. The molecule has 2 N–H and O–H groups in total. The maximum Gasteiger partial charge on any atom is 0.408 e. The molecule has 0 unspecified atom stereocenters. The van der Waals surface area contributed by atoms with Gasteiger partial charge < -0.3 is 10.1 Å². The summed E-state index contributed by atoms with van der Waals surface area (Å²) in [7, 11) is 0. The molecule has 0 bridgehead atoms. The molecule has 38 heavy (non-hydrogen) atoms. The molecule has 1 aliphatic carbocycles. The summed E-state index contributed by atoms with van der Waals surface area (Å²) in [6.45, 7) is 5.62. The number of alkyl carbamates (subject to hydrolysis) is 1. The number of H-pyrrole nitrogens is 1. The van der Waals surface area contributed by atoms with Crippen LogP contribution in [0, 0.1) is 0 Å². The fourth-order valence-electron chi connectivity index (χ4n) is 5.00. The molecule has 192 valence electrons. The van der Waals surface area contributed by atoms with Gasteiger partial charge in [0.1, 0.15) is 11.2 Å². The Bertz CT molecular complexity index is 1580. The molecule has 1 fully saturated rings. The third kappa shape index (κ3) is 4.40. The number of carbonyl (C=O) groups excluding carboxylic acids is 1. The number of ether oxygens (including phenoxy) is 1. The quantitative estimate of drug-likeness (QED) is 0.313. The average molecular weight is 508 g/mol. The lowest BCUT2D eigenvalue weighted by Gasteiger charge is -2.43. The molecule has 6 rings (SSSR count). The molecule has 0 saturated heterocycles. The van der Waals surface area contributed by atoms with E-state index in [1.54, 1.807) is 0 Å². The van der Waals surface area contributed by atoms with Crippen LogP contribution in [0.4, 0.5) is 4.79 Å². The van der Waals surface area contributed by atoms with Crippen LogP contribution in [0.5, 0.6) is 0 Å². The van der Waals surface area contributed by atoms with Gasteiger partial charge in [0.25, 0.3) is 0 Å². The summed E-state index contributed by atoms with van der Waals surface area (Å²) in [5.41, 5.74) is 5.67. The molecule has 0 radical (unpaired) electrons. The highest BCUT2D eigenvalue weighted by molar-refractivity contribution is 5.83. The van der Waals surface area contributed by atoms with Crippen LogP contribution in [-0.2, 0) is 10.3 Å². The van der Waals surface area contributed by atoms with Crippen LogP contribution in [0.1, 0.15) is 45.6 Å². The maximum absolute atomic E-state index is 12.6. The second kappa shape index (κ2) is 9.09. The van der Waals surface area contributed by atoms with Crippen molar-refractivity contribution >= 4 is 11.7 Å². The van der Waals surface area contributed by atoms with E-state index < -0.39 is 11.1 Å². The Morgan fingerprint density at radius 1 is 0.974 bits per heavy atom. The van der Waals surface area contributed by atoms with E-state index in [1.807, 2.05) is 57.3 Å². The molecule has 9 nitrogen and oxygen atoms in total. The van der Waals surface area contributed by atoms with E-state index in [9.17, 15) is 4.79 Å². The lowest BCUT2D eigenvalue weighted by Crippen LogP contribution is -2.52. The van der Waals surface area contributed by atoms with Crippen molar-refractivity contribution in [1.29, 1.82) is 0 Å². The zero-order valence-electron chi connectivity index (χ0n) is 21.6. The second-order valence-corrected chi connectivity index (χ2v) is 10.7. The summed E-state index contributed by atoms with van der Waals surface area (Å²) in [6.07, 6.45) is 4.43. The molecule has 1 aliphatic rings. The molecule has 0 atom stereocenters. The van der Waals surface area contributed by atoms with Crippen molar-refractivity contribution < 1.29 is 9.53 Å². The average Bonchev–Trinajstić information content (AvgIpc) is 3.54. The van der Waals surface area contributed by atoms with Gasteiger partial charge in [-0.2, -0.15) is 5.21 Å².